The van der Waals surface area contributed by atoms with Gasteiger partial charge < -0.3 is 14.0 Å². The van der Waals surface area contributed by atoms with E-state index in [-0.39, 0.29) is 54.1 Å². The third-order valence-electron chi connectivity index (χ3n) is 36.9. The van der Waals surface area contributed by atoms with Crippen LogP contribution < -0.4 is 4.90 Å². The normalized spacial score (nSPS) is 16.9. The zero-order valence-electron chi connectivity index (χ0n) is 85.2. The molecule has 20 aromatic rings. The van der Waals surface area contributed by atoms with Crippen molar-refractivity contribution in [3.05, 3.63) is 460 Å². The Labute approximate surface area is 833 Å². The molecule has 0 amide bonds. The molecule has 0 saturated heterocycles. The summed E-state index contributed by atoms with van der Waals surface area (Å²) in [7, 11) is 0. The molecule has 2 heterocycles. The molecule has 0 bridgehead atoms. The van der Waals surface area contributed by atoms with Gasteiger partial charge in [0, 0.05) is 71.6 Å². The summed E-state index contributed by atoms with van der Waals surface area (Å²) in [6.07, 6.45) is 0. The molecule has 7 aliphatic rings. The van der Waals surface area contributed by atoms with Gasteiger partial charge in [0.15, 0.2) is 0 Å². The fourth-order valence-electron chi connectivity index (χ4n) is 27.0. The van der Waals surface area contributed by atoms with E-state index in [0.29, 0.717) is 0 Å². The molecule has 0 N–H and O–H groups in total. The van der Waals surface area contributed by atoms with Crippen LogP contribution in [0.4, 0.5) is 17.1 Å². The van der Waals surface area contributed by atoms with Gasteiger partial charge in [0.1, 0.15) is 0 Å². The van der Waals surface area contributed by atoms with Crippen molar-refractivity contribution in [2.45, 2.75) is 193 Å². The lowest BCUT2D eigenvalue weighted by molar-refractivity contribution is 0.295. The Morgan fingerprint density at radius 2 is 0.426 bits per heavy atom. The van der Waals surface area contributed by atoms with Crippen molar-refractivity contribution < 1.29 is 0 Å². The van der Waals surface area contributed by atoms with Gasteiger partial charge in [0.2, 0.25) is 0 Å². The first-order chi connectivity index (χ1) is 67.5. The highest BCUT2D eigenvalue weighted by Gasteiger charge is 2.54. The topological polar surface area (TPSA) is 13.1 Å². The van der Waals surface area contributed by atoms with Crippen LogP contribution in [0.1, 0.15) is 216 Å². The largest absolute Gasteiger partial charge is 0.310 e. The molecule has 18 aromatic carbocycles. The van der Waals surface area contributed by atoms with E-state index >= 15 is 0 Å². The first-order valence-corrected chi connectivity index (χ1v) is 51.1. The van der Waals surface area contributed by atoms with Crippen LogP contribution in [0.5, 0.6) is 0 Å². The molecular weight excluding hydrogens is 1700 g/mol. The van der Waals surface area contributed by atoms with Gasteiger partial charge in [-0.15, -0.1) is 0 Å². The summed E-state index contributed by atoms with van der Waals surface area (Å²) < 4.78 is 4.78. The SMILES string of the molecule is CC1(C)c2cc(-c3ccc(-n4c5ccccc5c5ccccc54)cc3)ccc2-c2cc3c(cc21)-c1ccccc1C(C)(C)C3(C)C.CC1(C)c2cc(-c3ccc(-n4c5ccccc5c5ccccc54)cc3)ccc2-c2ccc3c(c21)C(C)(C)C(C)(C)c1ccccc1-3.CC1(C)c2ccccc2-c2ccc(N(c3ccccc3)c3ccc4c(c3)C(C)(C)c3cc5c(cc3-4)-c3ccccc3C(C)(C)C5(C)C)cc21. The van der Waals surface area contributed by atoms with Gasteiger partial charge in [-0.2, -0.15) is 0 Å². The molecule has 0 unspecified atom stereocenters. The smallest absolute Gasteiger partial charge is 0.0541 e. The van der Waals surface area contributed by atoms with Crippen molar-refractivity contribution in [2.24, 2.45) is 0 Å². The minimum Gasteiger partial charge on any atom is -0.310 e. The monoisotopic (exact) mass is 1820 g/mol. The predicted octanol–water partition coefficient (Wildman–Crippen LogP) is 37.0. The van der Waals surface area contributed by atoms with E-state index in [1.807, 2.05) is 0 Å². The number of aromatic nitrogens is 2. The molecule has 3 nitrogen and oxygen atoms in total. The zero-order valence-corrected chi connectivity index (χ0v) is 85.2. The summed E-state index contributed by atoms with van der Waals surface area (Å²) in [6, 6.07) is 144. The van der Waals surface area contributed by atoms with Crippen LogP contribution in [0, 0.1) is 0 Å². The standard InChI is InChI=1S/C48H45N.2C45H39N/c1-45(2)39-20-14-12-18-33(39)35-24-22-31(26-41(35)45)49(30-16-10-9-11-17-30)32-23-25-36-37-28-38-34-19-13-15-21-40(34)47(5,6)48(7,8)44(38)29-43(37)46(3,4)42(36)27-32;1-43(2)38-25-29(28-19-22-30(23-20-28)46-41-17-11-8-14-33(41)34-15-9-12-18-42(34)46)21-24-32(38)35-27-40-36(26-39(35)43)31-13-7-10-16-37(31)44(3,4)45(40,5)6;1-43(2)38-27-29(28-19-22-30(23-20-28)46-39-17-11-8-14-33(39)34-15-9-12-18-40(34)46)21-24-32(38)35-25-26-36-31-13-7-10-16-37(31)44(3,4)45(5,6)42(36)41(35)43/h9-29H,1-8H3;2*7-27H,1-6H3. The van der Waals surface area contributed by atoms with Crippen molar-refractivity contribution >= 4 is 60.7 Å². The molecule has 0 saturated carbocycles. The van der Waals surface area contributed by atoms with Crippen molar-refractivity contribution in [1.82, 2.24) is 9.13 Å². The Morgan fingerprint density at radius 1 is 0.156 bits per heavy atom. The highest BCUT2D eigenvalue weighted by atomic mass is 15.1. The van der Waals surface area contributed by atoms with Gasteiger partial charge in [0.25, 0.3) is 0 Å². The van der Waals surface area contributed by atoms with Gasteiger partial charge in [-0.1, -0.05) is 405 Å². The molecule has 2 aromatic heterocycles. The van der Waals surface area contributed by atoms with Crippen LogP contribution in [-0.2, 0) is 54.1 Å². The molecule has 690 valence electrons. The Balaban J connectivity index is 0.000000111. The minimum atomic E-state index is -0.142. The molecule has 27 rings (SSSR count). The number of rotatable bonds is 7. The van der Waals surface area contributed by atoms with Gasteiger partial charge in [-0.25, -0.2) is 0 Å². The van der Waals surface area contributed by atoms with Crippen LogP contribution in [0.25, 0.3) is 155 Å². The predicted molar refractivity (Wildman–Crippen MR) is 598 cm³/mol. The number of nitrogens with zero attached hydrogens (tertiary/aromatic N) is 3. The van der Waals surface area contributed by atoms with Crippen molar-refractivity contribution in [3.8, 4) is 112 Å². The second kappa shape index (κ2) is 30.4. The minimum absolute atomic E-state index is 0.000152. The fourth-order valence-corrected chi connectivity index (χ4v) is 27.0. The summed E-state index contributed by atoms with van der Waals surface area (Å²) >= 11 is 0. The molecule has 0 aliphatic heterocycles. The molecule has 0 fully saturated rings. The molecule has 0 spiro atoms. The van der Waals surface area contributed by atoms with Crippen LogP contribution in [0.15, 0.2) is 382 Å². The summed E-state index contributed by atoms with van der Waals surface area (Å²) in [5, 5.41) is 5.17. The third kappa shape index (κ3) is 12.3. The maximum atomic E-state index is 2.57. The zero-order chi connectivity index (χ0) is 97.3. The second-order valence-electron chi connectivity index (χ2n) is 46.7. The van der Waals surface area contributed by atoms with Crippen LogP contribution in [0.3, 0.4) is 0 Å². The van der Waals surface area contributed by atoms with Crippen molar-refractivity contribution in [3.63, 3.8) is 0 Å². The van der Waals surface area contributed by atoms with Crippen molar-refractivity contribution in [1.29, 1.82) is 0 Å². The first-order valence-electron chi connectivity index (χ1n) is 51.1. The molecule has 7 aliphatic carbocycles. The van der Waals surface area contributed by atoms with Crippen LogP contribution in [-0.4, -0.2) is 9.13 Å². The number of para-hydroxylation sites is 5. The number of anilines is 3. The average Bonchev–Trinajstić information content (AvgIpc) is 1.59. The Bertz CT molecular complexity index is 8540. The summed E-state index contributed by atoms with van der Waals surface area (Å²) in [4.78, 5) is 2.45. The third-order valence-corrected chi connectivity index (χ3v) is 36.9. The Hall–Kier alpha value is -14.6. The molecule has 3 heteroatoms. The number of fused-ring (bicyclic) bond motifs is 28. The molecule has 0 radical (unpaired) electrons. The Kier molecular flexibility index (Phi) is 19.0. The van der Waals surface area contributed by atoms with E-state index in [0.717, 1.165) is 0 Å². The first kappa shape index (κ1) is 87.8. The molecular formula is C138H123N3. The van der Waals surface area contributed by atoms with E-state index in [1.54, 1.807) is 0 Å². The van der Waals surface area contributed by atoms with E-state index in [2.05, 4.69) is 535 Å². The average molecular weight is 1820 g/mol. The van der Waals surface area contributed by atoms with Crippen molar-refractivity contribution in [2.75, 3.05) is 4.90 Å². The number of hydrogen-bond donors (Lipinski definition) is 0. The van der Waals surface area contributed by atoms with Gasteiger partial charge in [-0.05, 0) is 326 Å². The maximum absolute atomic E-state index is 2.57. The molecule has 0 atom stereocenters. The van der Waals surface area contributed by atoms with E-state index in [1.165, 1.54) is 250 Å². The van der Waals surface area contributed by atoms with Crippen LogP contribution >= 0.6 is 0 Å². The summed E-state index contributed by atoms with van der Waals surface area (Å²) in [6.45, 7) is 48.5. The van der Waals surface area contributed by atoms with Gasteiger partial charge >= 0.3 is 0 Å². The lowest BCUT2D eigenvalue weighted by atomic mass is 9.53. The van der Waals surface area contributed by atoms with E-state index in [4.69, 9.17) is 0 Å². The number of hydrogen-bond acceptors (Lipinski definition) is 1. The van der Waals surface area contributed by atoms with E-state index < -0.39 is 0 Å². The van der Waals surface area contributed by atoms with E-state index in [9.17, 15) is 0 Å². The lowest BCUT2D eigenvalue weighted by Crippen LogP contribution is -2.45. The summed E-state index contributed by atoms with van der Waals surface area (Å²) in [5.41, 5.74) is 55.0. The highest BCUT2D eigenvalue weighted by molar-refractivity contribution is 6.11. The van der Waals surface area contributed by atoms with Gasteiger partial charge in [0.05, 0.1) is 22.1 Å². The maximum Gasteiger partial charge on any atom is 0.0541 e. The van der Waals surface area contributed by atoms with Crippen LogP contribution in [0.2, 0.25) is 0 Å². The Morgan fingerprint density at radius 3 is 0.879 bits per heavy atom. The second-order valence-corrected chi connectivity index (χ2v) is 46.7. The lowest BCUT2D eigenvalue weighted by Gasteiger charge is -2.50. The summed E-state index contributed by atoms with van der Waals surface area (Å²) in [5.74, 6) is 0. The molecule has 141 heavy (non-hydrogen) atoms. The highest BCUT2D eigenvalue weighted by Crippen LogP contribution is 2.65. The fraction of sp³-hybridized carbons (Fsp3) is 0.217. The number of benzene rings is 18. The quantitative estimate of drug-likeness (QED) is 0.155. The van der Waals surface area contributed by atoms with Gasteiger partial charge in [-0.3, -0.25) is 0 Å².